The summed E-state index contributed by atoms with van der Waals surface area (Å²) < 4.78 is 47.6. The molecule has 2 aromatic carbocycles. The van der Waals surface area contributed by atoms with E-state index >= 15 is 0 Å². The normalized spacial score (nSPS) is 12.4. The molecule has 2 aromatic rings. The first kappa shape index (κ1) is 18.5. The highest BCUT2D eigenvalue weighted by Crippen LogP contribution is 2.30. The van der Waals surface area contributed by atoms with Crippen molar-refractivity contribution in [2.75, 3.05) is 14.2 Å². The van der Waals surface area contributed by atoms with Gasteiger partial charge in [-0.1, -0.05) is 24.3 Å². The maximum absolute atomic E-state index is 12.6. The van der Waals surface area contributed by atoms with Gasteiger partial charge in [-0.25, -0.2) is 0 Å². The molecule has 132 valence electrons. The highest BCUT2D eigenvalue weighted by atomic mass is 19.4. The fraction of sp³-hybridized carbons (Fsp3) is 0.222. The van der Waals surface area contributed by atoms with E-state index in [0.29, 0.717) is 11.3 Å². The van der Waals surface area contributed by atoms with Crippen molar-refractivity contribution in [1.82, 2.24) is 0 Å². The van der Waals surface area contributed by atoms with E-state index in [4.69, 9.17) is 4.74 Å². The van der Waals surface area contributed by atoms with E-state index in [1.807, 2.05) is 0 Å². The Morgan fingerprint density at radius 1 is 0.920 bits per heavy atom. The number of ether oxygens (including phenoxy) is 2. The summed E-state index contributed by atoms with van der Waals surface area (Å²) in [4.78, 5) is 24.7. The van der Waals surface area contributed by atoms with Gasteiger partial charge in [0.05, 0.1) is 19.8 Å². The van der Waals surface area contributed by atoms with Crippen LogP contribution in [-0.4, -0.2) is 26.0 Å². The van der Waals surface area contributed by atoms with E-state index in [-0.39, 0.29) is 5.56 Å². The van der Waals surface area contributed by atoms with Crippen LogP contribution >= 0.6 is 0 Å². The number of halogens is 3. The second-order valence-corrected chi connectivity index (χ2v) is 5.17. The Morgan fingerprint density at radius 2 is 1.48 bits per heavy atom. The second kappa shape index (κ2) is 7.38. The predicted octanol–water partition coefficient (Wildman–Crippen LogP) is 3.85. The third-order valence-corrected chi connectivity index (χ3v) is 3.64. The van der Waals surface area contributed by atoms with Gasteiger partial charge >= 0.3 is 12.1 Å². The van der Waals surface area contributed by atoms with Crippen LogP contribution in [0.2, 0.25) is 0 Å². The molecule has 0 N–H and O–H groups in total. The highest BCUT2D eigenvalue weighted by molar-refractivity contribution is 6.12. The van der Waals surface area contributed by atoms with Crippen LogP contribution in [-0.2, 0) is 15.7 Å². The zero-order valence-corrected chi connectivity index (χ0v) is 13.5. The molecule has 25 heavy (non-hydrogen) atoms. The van der Waals surface area contributed by atoms with Gasteiger partial charge in [-0.05, 0) is 29.8 Å². The molecule has 0 spiro atoms. The summed E-state index contributed by atoms with van der Waals surface area (Å²) in [6, 6.07) is 9.90. The summed E-state index contributed by atoms with van der Waals surface area (Å²) in [5, 5.41) is 0. The van der Waals surface area contributed by atoms with Crippen LogP contribution in [0.3, 0.4) is 0 Å². The largest absolute Gasteiger partial charge is 0.497 e. The molecule has 0 radical (unpaired) electrons. The van der Waals surface area contributed by atoms with E-state index < -0.39 is 29.4 Å². The molecule has 0 aromatic heterocycles. The Balaban J connectivity index is 2.37. The highest BCUT2D eigenvalue weighted by Gasteiger charge is 2.33. The van der Waals surface area contributed by atoms with Crippen LogP contribution in [0.4, 0.5) is 13.2 Å². The molecular formula is C18H15F3O4. The SMILES string of the molecule is COC(=O)C(C(=O)c1ccc(C(F)(F)F)cc1)c1ccc(OC)cc1. The molecule has 2 rings (SSSR count). The molecule has 1 atom stereocenters. The van der Waals surface area contributed by atoms with Crippen LogP contribution in [0.25, 0.3) is 0 Å². The number of esters is 1. The lowest BCUT2D eigenvalue weighted by Crippen LogP contribution is -2.23. The van der Waals surface area contributed by atoms with Crippen molar-refractivity contribution >= 4 is 11.8 Å². The molecule has 0 saturated carbocycles. The zero-order chi connectivity index (χ0) is 18.6. The zero-order valence-electron chi connectivity index (χ0n) is 13.5. The van der Waals surface area contributed by atoms with Crippen LogP contribution in [0.1, 0.15) is 27.4 Å². The number of rotatable bonds is 5. The Hall–Kier alpha value is -2.83. The van der Waals surface area contributed by atoms with Crippen molar-refractivity contribution < 1.29 is 32.2 Å². The first-order chi connectivity index (χ1) is 11.8. The number of alkyl halides is 3. The quantitative estimate of drug-likeness (QED) is 0.466. The van der Waals surface area contributed by atoms with Gasteiger partial charge in [0, 0.05) is 5.56 Å². The number of ketones is 1. The molecule has 1 unspecified atom stereocenters. The van der Waals surface area contributed by atoms with E-state index in [9.17, 15) is 22.8 Å². The summed E-state index contributed by atoms with van der Waals surface area (Å²) in [5.41, 5.74) is -0.528. The number of hydrogen-bond acceptors (Lipinski definition) is 4. The van der Waals surface area contributed by atoms with E-state index in [1.165, 1.54) is 19.2 Å². The summed E-state index contributed by atoms with van der Waals surface area (Å²) in [6.07, 6.45) is -4.50. The fourth-order valence-corrected chi connectivity index (χ4v) is 2.30. The van der Waals surface area contributed by atoms with Crippen LogP contribution in [0.15, 0.2) is 48.5 Å². The molecule has 0 saturated heterocycles. The Bertz CT molecular complexity index is 749. The first-order valence-corrected chi connectivity index (χ1v) is 7.21. The molecule has 0 bridgehead atoms. The maximum atomic E-state index is 12.6. The van der Waals surface area contributed by atoms with Crippen LogP contribution in [0.5, 0.6) is 5.75 Å². The average molecular weight is 352 g/mol. The van der Waals surface area contributed by atoms with Gasteiger partial charge in [-0.3, -0.25) is 9.59 Å². The molecular weight excluding hydrogens is 337 g/mol. The van der Waals surface area contributed by atoms with Crippen molar-refractivity contribution in [3.05, 3.63) is 65.2 Å². The van der Waals surface area contributed by atoms with Crippen LogP contribution in [0, 0.1) is 0 Å². The number of carbonyl (C=O) groups excluding carboxylic acids is 2. The molecule has 0 aliphatic carbocycles. The first-order valence-electron chi connectivity index (χ1n) is 7.21. The Labute approximate surface area is 142 Å². The van der Waals surface area contributed by atoms with Crippen molar-refractivity contribution in [1.29, 1.82) is 0 Å². The van der Waals surface area contributed by atoms with Gasteiger partial charge in [-0.15, -0.1) is 0 Å². The molecule has 0 aliphatic rings. The van der Waals surface area contributed by atoms with Gasteiger partial charge < -0.3 is 9.47 Å². The lowest BCUT2D eigenvalue weighted by Gasteiger charge is -2.15. The van der Waals surface area contributed by atoms with Crippen molar-refractivity contribution in [2.24, 2.45) is 0 Å². The van der Waals surface area contributed by atoms with Gasteiger partial charge in [0.1, 0.15) is 11.7 Å². The minimum Gasteiger partial charge on any atom is -0.497 e. The van der Waals surface area contributed by atoms with E-state index in [1.54, 1.807) is 12.1 Å². The van der Waals surface area contributed by atoms with Crippen molar-refractivity contribution in [3.8, 4) is 5.75 Å². The minimum absolute atomic E-state index is 0.0146. The lowest BCUT2D eigenvalue weighted by atomic mass is 9.90. The standard InChI is InChI=1S/C18H15F3O4/c1-24-14-9-5-11(6-10-14)15(17(23)25-2)16(22)12-3-7-13(8-4-12)18(19,20)21/h3-10,15H,1-2H3. The summed E-state index contributed by atoms with van der Waals surface area (Å²) in [5.74, 6) is -2.18. The van der Waals surface area contributed by atoms with Gasteiger partial charge in [0.15, 0.2) is 5.78 Å². The van der Waals surface area contributed by atoms with Crippen molar-refractivity contribution in [3.63, 3.8) is 0 Å². The van der Waals surface area contributed by atoms with E-state index in [2.05, 4.69) is 4.74 Å². The maximum Gasteiger partial charge on any atom is 0.416 e. The van der Waals surface area contributed by atoms with E-state index in [0.717, 1.165) is 31.4 Å². The molecule has 0 aliphatic heterocycles. The Morgan fingerprint density at radius 3 is 1.92 bits per heavy atom. The monoisotopic (exact) mass is 352 g/mol. The smallest absolute Gasteiger partial charge is 0.416 e. The Kier molecular flexibility index (Phi) is 5.46. The fourth-order valence-electron chi connectivity index (χ4n) is 2.30. The molecule has 4 nitrogen and oxygen atoms in total. The minimum atomic E-state index is -4.50. The summed E-state index contributed by atoms with van der Waals surface area (Å²) >= 11 is 0. The van der Waals surface area contributed by atoms with Crippen LogP contribution < -0.4 is 4.74 Å². The summed E-state index contributed by atoms with van der Waals surface area (Å²) in [6.45, 7) is 0. The third-order valence-electron chi connectivity index (χ3n) is 3.64. The molecule has 0 amide bonds. The number of hydrogen-bond donors (Lipinski definition) is 0. The van der Waals surface area contributed by atoms with Gasteiger partial charge in [0.25, 0.3) is 0 Å². The second-order valence-electron chi connectivity index (χ2n) is 5.17. The van der Waals surface area contributed by atoms with Gasteiger partial charge in [0.2, 0.25) is 0 Å². The third kappa shape index (κ3) is 4.17. The topological polar surface area (TPSA) is 52.6 Å². The predicted molar refractivity (Wildman–Crippen MR) is 83.5 cm³/mol. The number of benzene rings is 2. The molecule has 0 fully saturated rings. The number of carbonyl (C=O) groups is 2. The molecule has 0 heterocycles. The number of Topliss-reactive ketones (excluding diaryl/α,β-unsaturated/α-hetero) is 1. The average Bonchev–Trinajstić information content (AvgIpc) is 2.61. The summed E-state index contributed by atoms with van der Waals surface area (Å²) in [7, 11) is 2.61. The van der Waals surface area contributed by atoms with Gasteiger partial charge in [-0.2, -0.15) is 13.2 Å². The molecule has 7 heteroatoms. The lowest BCUT2D eigenvalue weighted by molar-refractivity contribution is -0.141. The van der Waals surface area contributed by atoms with Crippen molar-refractivity contribution in [2.45, 2.75) is 12.1 Å². The number of methoxy groups -OCH3 is 2.